The SMILES string of the molecule is CC1(C)OB(C(=Cc2cc(N)cnc2Cl)CN)OC1(C)C. The van der Waals surface area contributed by atoms with Crippen molar-refractivity contribution in [2.45, 2.75) is 38.9 Å². The molecule has 1 fully saturated rings. The molecule has 1 aliphatic heterocycles. The summed E-state index contributed by atoms with van der Waals surface area (Å²) in [5, 5.41) is 0.367. The highest BCUT2D eigenvalue weighted by atomic mass is 35.5. The molecule has 114 valence electrons. The Hall–Kier alpha value is -1.08. The highest BCUT2D eigenvalue weighted by Crippen LogP contribution is 2.38. The largest absolute Gasteiger partial charge is 0.491 e. The zero-order valence-corrected chi connectivity index (χ0v) is 13.6. The number of hydrogen-bond donors (Lipinski definition) is 2. The van der Waals surface area contributed by atoms with E-state index in [1.165, 1.54) is 6.20 Å². The van der Waals surface area contributed by atoms with Crippen LogP contribution < -0.4 is 11.5 Å². The molecule has 4 N–H and O–H groups in total. The van der Waals surface area contributed by atoms with Gasteiger partial charge in [-0.2, -0.15) is 0 Å². The molecule has 0 saturated carbocycles. The first-order chi connectivity index (χ1) is 9.66. The highest BCUT2D eigenvalue weighted by Gasteiger charge is 2.52. The van der Waals surface area contributed by atoms with Gasteiger partial charge in [0, 0.05) is 12.1 Å². The van der Waals surface area contributed by atoms with E-state index >= 15 is 0 Å². The smallest absolute Gasteiger partial charge is 0.400 e. The topological polar surface area (TPSA) is 83.4 Å². The van der Waals surface area contributed by atoms with E-state index in [-0.39, 0.29) is 0 Å². The van der Waals surface area contributed by atoms with Crippen molar-refractivity contribution in [1.82, 2.24) is 4.98 Å². The fourth-order valence-corrected chi connectivity index (χ4v) is 2.16. The molecule has 0 spiro atoms. The van der Waals surface area contributed by atoms with Gasteiger partial charge in [-0.25, -0.2) is 4.98 Å². The van der Waals surface area contributed by atoms with Crippen molar-refractivity contribution in [2.24, 2.45) is 5.73 Å². The van der Waals surface area contributed by atoms with E-state index in [4.69, 9.17) is 32.4 Å². The van der Waals surface area contributed by atoms with Crippen LogP contribution in [-0.2, 0) is 9.31 Å². The summed E-state index contributed by atoms with van der Waals surface area (Å²) in [7, 11) is -0.502. The van der Waals surface area contributed by atoms with Crippen LogP contribution in [0.4, 0.5) is 5.69 Å². The molecule has 0 radical (unpaired) electrons. The lowest BCUT2D eigenvalue weighted by Crippen LogP contribution is -2.41. The standard InChI is InChI=1S/C14H21BClN3O2/c1-13(2)14(3,4)21-15(20-13)10(7-17)5-9-6-11(18)8-19-12(9)16/h5-6,8H,7,17-18H2,1-4H3. The van der Waals surface area contributed by atoms with Crippen LogP contribution in [0.25, 0.3) is 6.08 Å². The number of rotatable bonds is 3. The molecule has 1 aromatic rings. The average Bonchev–Trinajstić information content (AvgIpc) is 2.59. The molecule has 1 aromatic heterocycles. The maximum atomic E-state index is 6.08. The third-order valence-electron chi connectivity index (χ3n) is 4.02. The molecule has 2 rings (SSSR count). The van der Waals surface area contributed by atoms with Gasteiger partial charge in [0.15, 0.2) is 0 Å². The fourth-order valence-electron chi connectivity index (χ4n) is 2.00. The van der Waals surface area contributed by atoms with Gasteiger partial charge in [-0.05, 0) is 39.2 Å². The molecular weight excluding hydrogens is 288 g/mol. The lowest BCUT2D eigenvalue weighted by Gasteiger charge is -2.32. The second-order valence-corrected chi connectivity index (χ2v) is 6.52. The van der Waals surface area contributed by atoms with E-state index in [0.717, 1.165) is 5.47 Å². The molecule has 0 unspecified atom stereocenters. The monoisotopic (exact) mass is 309 g/mol. The van der Waals surface area contributed by atoms with Gasteiger partial charge >= 0.3 is 7.12 Å². The van der Waals surface area contributed by atoms with E-state index in [1.807, 2.05) is 33.8 Å². The van der Waals surface area contributed by atoms with Crippen LogP contribution >= 0.6 is 11.6 Å². The van der Waals surface area contributed by atoms with Gasteiger partial charge in [0.2, 0.25) is 0 Å². The number of aromatic nitrogens is 1. The second-order valence-electron chi connectivity index (χ2n) is 6.16. The minimum atomic E-state index is -0.502. The van der Waals surface area contributed by atoms with E-state index in [1.54, 1.807) is 6.07 Å². The summed E-state index contributed by atoms with van der Waals surface area (Å²) in [5.74, 6) is 0. The van der Waals surface area contributed by atoms with Crippen molar-refractivity contribution in [2.75, 3.05) is 12.3 Å². The predicted molar refractivity (Wildman–Crippen MR) is 86.8 cm³/mol. The Kier molecular flexibility index (Phi) is 4.35. The van der Waals surface area contributed by atoms with E-state index in [2.05, 4.69) is 4.98 Å². The molecule has 7 heteroatoms. The van der Waals surface area contributed by atoms with Gasteiger partial charge in [-0.1, -0.05) is 17.7 Å². The van der Waals surface area contributed by atoms with Crippen LogP contribution in [0.3, 0.4) is 0 Å². The molecule has 0 bridgehead atoms. The summed E-state index contributed by atoms with van der Waals surface area (Å²) in [5.41, 5.74) is 12.8. The third kappa shape index (κ3) is 3.24. The van der Waals surface area contributed by atoms with Gasteiger partial charge in [0.25, 0.3) is 0 Å². The van der Waals surface area contributed by atoms with Gasteiger partial charge in [-0.3, -0.25) is 0 Å². The van der Waals surface area contributed by atoms with Crippen LogP contribution in [0.5, 0.6) is 0 Å². The molecule has 0 aliphatic carbocycles. The Bertz CT molecular complexity index is 559. The lowest BCUT2D eigenvalue weighted by molar-refractivity contribution is 0.00578. The van der Waals surface area contributed by atoms with Gasteiger partial charge in [-0.15, -0.1) is 0 Å². The van der Waals surface area contributed by atoms with Crippen molar-refractivity contribution in [3.05, 3.63) is 28.5 Å². The Labute approximate surface area is 130 Å². The minimum Gasteiger partial charge on any atom is -0.400 e. The maximum absolute atomic E-state index is 6.08. The summed E-state index contributed by atoms with van der Waals surface area (Å²) < 4.78 is 12.0. The normalized spacial score (nSPS) is 20.9. The number of hydrogen-bond acceptors (Lipinski definition) is 5. The molecule has 0 amide bonds. The Morgan fingerprint density at radius 2 is 1.90 bits per heavy atom. The molecule has 2 heterocycles. The van der Waals surface area contributed by atoms with E-state index < -0.39 is 18.3 Å². The summed E-state index contributed by atoms with van der Waals surface area (Å²) in [6.45, 7) is 8.28. The van der Waals surface area contributed by atoms with Gasteiger partial charge < -0.3 is 20.8 Å². The molecule has 1 saturated heterocycles. The van der Waals surface area contributed by atoms with Crippen molar-refractivity contribution in [1.29, 1.82) is 0 Å². The zero-order valence-electron chi connectivity index (χ0n) is 12.8. The van der Waals surface area contributed by atoms with Crippen LogP contribution in [0.2, 0.25) is 5.15 Å². The quantitative estimate of drug-likeness (QED) is 0.661. The molecule has 21 heavy (non-hydrogen) atoms. The number of nitrogens with two attached hydrogens (primary N) is 2. The van der Waals surface area contributed by atoms with Crippen molar-refractivity contribution < 1.29 is 9.31 Å². The molecular formula is C14H21BClN3O2. The number of nitrogens with zero attached hydrogens (tertiary/aromatic N) is 1. The zero-order chi connectivity index (χ0) is 15.8. The third-order valence-corrected chi connectivity index (χ3v) is 4.34. The van der Waals surface area contributed by atoms with Gasteiger partial charge in [0.05, 0.1) is 23.1 Å². The summed E-state index contributed by atoms with van der Waals surface area (Å²) in [4.78, 5) is 4.02. The molecule has 1 aliphatic rings. The Morgan fingerprint density at radius 3 is 2.43 bits per heavy atom. The first-order valence-corrected chi connectivity index (χ1v) is 7.21. The fraction of sp³-hybridized carbons (Fsp3) is 0.500. The predicted octanol–water partition coefficient (Wildman–Crippen LogP) is 2.29. The van der Waals surface area contributed by atoms with Gasteiger partial charge in [0.1, 0.15) is 5.15 Å². The summed E-state index contributed by atoms with van der Waals surface area (Å²) in [6.07, 6.45) is 3.34. The van der Waals surface area contributed by atoms with Crippen molar-refractivity contribution >= 4 is 30.5 Å². The van der Waals surface area contributed by atoms with Crippen LogP contribution in [0.15, 0.2) is 17.7 Å². The number of pyridine rings is 1. The Morgan fingerprint density at radius 1 is 1.33 bits per heavy atom. The van der Waals surface area contributed by atoms with E-state index in [0.29, 0.717) is 22.9 Å². The molecule has 0 aromatic carbocycles. The lowest BCUT2D eigenvalue weighted by atomic mass is 9.77. The number of halogens is 1. The summed E-state index contributed by atoms with van der Waals surface area (Å²) in [6, 6.07) is 1.75. The summed E-state index contributed by atoms with van der Waals surface area (Å²) >= 11 is 6.08. The Balaban J connectivity index is 2.33. The molecule has 5 nitrogen and oxygen atoms in total. The minimum absolute atomic E-state index is 0.294. The first-order valence-electron chi connectivity index (χ1n) is 6.83. The van der Waals surface area contributed by atoms with Crippen molar-refractivity contribution in [3.8, 4) is 0 Å². The average molecular weight is 310 g/mol. The number of anilines is 1. The van der Waals surface area contributed by atoms with E-state index in [9.17, 15) is 0 Å². The second kappa shape index (κ2) is 5.61. The van der Waals surface area contributed by atoms with Crippen LogP contribution in [0.1, 0.15) is 33.3 Å². The highest BCUT2D eigenvalue weighted by molar-refractivity contribution is 6.56. The first kappa shape index (κ1) is 16.3. The van der Waals surface area contributed by atoms with Crippen LogP contribution in [0, 0.1) is 0 Å². The van der Waals surface area contributed by atoms with Crippen molar-refractivity contribution in [3.63, 3.8) is 0 Å². The maximum Gasteiger partial charge on any atom is 0.491 e. The molecule has 0 atom stereocenters. The number of nitrogen functional groups attached to an aromatic ring is 1. The van der Waals surface area contributed by atoms with Crippen LogP contribution in [-0.4, -0.2) is 29.8 Å².